The zero-order chi connectivity index (χ0) is 46.2. The van der Waals surface area contributed by atoms with Gasteiger partial charge >= 0.3 is 0 Å². The highest BCUT2D eigenvalue weighted by molar-refractivity contribution is 7.25. The highest BCUT2D eigenvalue weighted by atomic mass is 32.1. The van der Waals surface area contributed by atoms with Crippen molar-refractivity contribution in [1.29, 1.82) is 0 Å². The fourth-order valence-electron chi connectivity index (χ4n) is 11.6. The lowest BCUT2D eigenvalue weighted by molar-refractivity contribution is 0.768. The molecule has 0 radical (unpaired) electrons. The van der Waals surface area contributed by atoms with Crippen molar-refractivity contribution < 1.29 is 0 Å². The van der Waals surface area contributed by atoms with Crippen LogP contribution in [0, 0.1) is 0 Å². The molecule has 0 saturated carbocycles. The van der Waals surface area contributed by atoms with Gasteiger partial charge in [0.2, 0.25) is 0 Å². The molecule has 1 aliphatic rings. The Morgan fingerprint density at radius 2 is 0.943 bits per heavy atom. The Bertz CT molecular complexity index is 4090. The molecule has 0 amide bonds. The average Bonchev–Trinajstić information content (AvgIpc) is 4.08. The van der Waals surface area contributed by atoms with Crippen LogP contribution in [-0.2, 0) is 5.41 Å². The molecule has 0 saturated heterocycles. The van der Waals surface area contributed by atoms with Crippen molar-refractivity contribution in [3.63, 3.8) is 0 Å². The van der Waals surface area contributed by atoms with Crippen molar-refractivity contribution in [2.75, 3.05) is 4.90 Å². The summed E-state index contributed by atoms with van der Waals surface area (Å²) < 4.78 is 5.06. The van der Waals surface area contributed by atoms with Crippen LogP contribution in [0.2, 0.25) is 0 Å². The summed E-state index contributed by atoms with van der Waals surface area (Å²) in [6, 6.07) is 98.5. The number of thiophene rings is 1. The second-order valence-corrected chi connectivity index (χ2v) is 19.5. The van der Waals surface area contributed by atoms with Crippen molar-refractivity contribution in [2.45, 2.75) is 5.41 Å². The van der Waals surface area contributed by atoms with Crippen LogP contribution < -0.4 is 4.90 Å². The Balaban J connectivity index is 0.893. The van der Waals surface area contributed by atoms with E-state index in [1.54, 1.807) is 0 Å². The predicted octanol–water partition coefficient (Wildman–Crippen LogP) is 18.3. The van der Waals surface area contributed by atoms with Gasteiger partial charge in [0.05, 0.1) is 22.1 Å². The predicted molar refractivity (Wildman–Crippen MR) is 297 cm³/mol. The largest absolute Gasteiger partial charge is 0.310 e. The van der Waals surface area contributed by atoms with Gasteiger partial charge in [-0.3, -0.25) is 0 Å². The van der Waals surface area contributed by atoms with Crippen molar-refractivity contribution in [2.24, 2.45) is 0 Å². The maximum absolute atomic E-state index is 2.44. The molecule has 328 valence electrons. The summed E-state index contributed by atoms with van der Waals surface area (Å²) in [5.74, 6) is 0. The number of hydrogen-bond donors (Lipinski definition) is 0. The molecule has 1 aliphatic carbocycles. The van der Waals surface area contributed by atoms with Gasteiger partial charge in [-0.25, -0.2) is 0 Å². The van der Waals surface area contributed by atoms with E-state index in [0.717, 1.165) is 28.2 Å². The zero-order valence-corrected chi connectivity index (χ0v) is 39.0. The second kappa shape index (κ2) is 16.2. The summed E-state index contributed by atoms with van der Waals surface area (Å²) in [5, 5.41) is 5.12. The van der Waals surface area contributed by atoms with Gasteiger partial charge in [-0.15, -0.1) is 11.3 Å². The highest BCUT2D eigenvalue weighted by Gasteiger charge is 2.46. The van der Waals surface area contributed by atoms with Crippen LogP contribution in [0.4, 0.5) is 17.1 Å². The first-order chi connectivity index (χ1) is 34.7. The molecule has 11 aromatic carbocycles. The van der Waals surface area contributed by atoms with Crippen LogP contribution in [0.15, 0.2) is 267 Å². The van der Waals surface area contributed by atoms with Gasteiger partial charge in [-0.05, 0) is 123 Å². The number of benzene rings is 11. The summed E-state index contributed by atoms with van der Waals surface area (Å²) in [4.78, 5) is 2.44. The highest BCUT2D eigenvalue weighted by Crippen LogP contribution is 2.57. The fourth-order valence-corrected chi connectivity index (χ4v) is 12.8. The summed E-state index contributed by atoms with van der Waals surface area (Å²) in [6.07, 6.45) is 0. The molecule has 2 aromatic heterocycles. The third-order valence-electron chi connectivity index (χ3n) is 14.7. The Morgan fingerprint density at radius 3 is 1.76 bits per heavy atom. The molecule has 0 unspecified atom stereocenters. The smallest absolute Gasteiger partial charge is 0.0713 e. The zero-order valence-electron chi connectivity index (χ0n) is 38.2. The first kappa shape index (κ1) is 40.3. The van der Waals surface area contributed by atoms with Gasteiger partial charge in [-0.2, -0.15) is 0 Å². The maximum Gasteiger partial charge on any atom is 0.0713 e. The van der Waals surface area contributed by atoms with Crippen molar-refractivity contribution in [1.82, 2.24) is 4.57 Å². The van der Waals surface area contributed by atoms with Gasteiger partial charge < -0.3 is 9.47 Å². The Labute approximate surface area is 411 Å². The molecule has 0 atom stereocenters. The molecule has 3 heteroatoms. The van der Waals surface area contributed by atoms with Gasteiger partial charge in [0.15, 0.2) is 0 Å². The number of aromatic nitrogens is 1. The van der Waals surface area contributed by atoms with E-state index in [2.05, 4.69) is 276 Å². The number of fused-ring (bicyclic) bond motifs is 9. The van der Waals surface area contributed by atoms with Gasteiger partial charge in [0.25, 0.3) is 0 Å². The van der Waals surface area contributed by atoms with Gasteiger partial charge in [0.1, 0.15) is 0 Å². The van der Waals surface area contributed by atoms with Crippen LogP contribution in [0.25, 0.3) is 81.0 Å². The minimum absolute atomic E-state index is 0.464. The molecular formula is C67H44N2S. The number of anilines is 3. The molecule has 70 heavy (non-hydrogen) atoms. The third kappa shape index (κ3) is 6.19. The Kier molecular flexibility index (Phi) is 9.33. The first-order valence-electron chi connectivity index (χ1n) is 24.1. The molecule has 0 bridgehead atoms. The van der Waals surface area contributed by atoms with Crippen LogP contribution in [-0.4, -0.2) is 4.57 Å². The molecule has 14 rings (SSSR count). The van der Waals surface area contributed by atoms with Gasteiger partial charge in [-0.1, -0.05) is 194 Å². The Hall–Kier alpha value is -8.76. The second-order valence-electron chi connectivity index (χ2n) is 18.4. The van der Waals surface area contributed by atoms with E-state index in [1.807, 2.05) is 11.3 Å². The molecular weight excluding hydrogens is 865 g/mol. The molecule has 0 fully saturated rings. The normalized spacial score (nSPS) is 12.7. The van der Waals surface area contributed by atoms with Crippen LogP contribution in [0.3, 0.4) is 0 Å². The average molecular weight is 909 g/mol. The molecule has 0 spiro atoms. The summed E-state index contributed by atoms with van der Waals surface area (Å²) in [6.45, 7) is 0. The van der Waals surface area contributed by atoms with E-state index < -0.39 is 5.41 Å². The SMILES string of the molecule is c1ccc(N(c2ccc3c(c2)-c2ccccc2C3(c2ccccc2)c2ccccc2)c2ccccc2-c2cccc(-c3ccc4c(c3)c3ccccc3n4-c3ccc4c(c3)sc3ccccc34)c2)cc1. The summed E-state index contributed by atoms with van der Waals surface area (Å²) in [5.41, 5.74) is 18.8. The summed E-state index contributed by atoms with van der Waals surface area (Å²) in [7, 11) is 0. The quantitative estimate of drug-likeness (QED) is 0.147. The fraction of sp³-hybridized carbons (Fsp3) is 0.0149. The molecule has 2 heterocycles. The van der Waals surface area contributed by atoms with E-state index in [9.17, 15) is 0 Å². The Morgan fingerprint density at radius 1 is 0.329 bits per heavy atom. The van der Waals surface area contributed by atoms with Crippen LogP contribution in [0.1, 0.15) is 22.3 Å². The molecule has 0 aliphatic heterocycles. The third-order valence-corrected chi connectivity index (χ3v) is 15.8. The van der Waals surface area contributed by atoms with E-state index in [-0.39, 0.29) is 0 Å². The van der Waals surface area contributed by atoms with Crippen molar-refractivity contribution in [3.05, 3.63) is 289 Å². The van der Waals surface area contributed by atoms with Crippen molar-refractivity contribution >= 4 is 70.4 Å². The lowest BCUT2D eigenvalue weighted by Gasteiger charge is -2.34. The van der Waals surface area contributed by atoms with E-state index in [1.165, 1.54) is 92.2 Å². The maximum atomic E-state index is 2.44. The van der Waals surface area contributed by atoms with Crippen molar-refractivity contribution in [3.8, 4) is 39.1 Å². The standard InChI is InChI=1S/C67H44N2S/c1-4-21-48(22-5-1)67(49-23-6-2-7-24-49)60-31-14-10-28-54(60)58-43-51(37-39-61(58)67)68(50-25-8-3-9-26-50)62-32-15-11-27-53(62)47-20-18-19-45(41-47)46-35-40-64-59(42-46)55-29-12-16-33-63(55)69(64)52-36-38-57-56-30-13-17-34-65(56)70-66(57)44-52/h1-44H. The van der Waals surface area contributed by atoms with Crippen LogP contribution >= 0.6 is 11.3 Å². The lowest BCUT2D eigenvalue weighted by Crippen LogP contribution is -2.28. The minimum Gasteiger partial charge on any atom is -0.310 e. The number of para-hydroxylation sites is 3. The number of hydrogen-bond acceptors (Lipinski definition) is 2. The van der Waals surface area contributed by atoms with E-state index >= 15 is 0 Å². The monoisotopic (exact) mass is 908 g/mol. The topological polar surface area (TPSA) is 8.17 Å². The molecule has 13 aromatic rings. The van der Waals surface area contributed by atoms with E-state index in [0.29, 0.717) is 0 Å². The van der Waals surface area contributed by atoms with Crippen LogP contribution in [0.5, 0.6) is 0 Å². The lowest BCUT2D eigenvalue weighted by atomic mass is 9.68. The first-order valence-corrected chi connectivity index (χ1v) is 24.9. The minimum atomic E-state index is -0.464. The number of rotatable bonds is 8. The van der Waals surface area contributed by atoms with E-state index in [4.69, 9.17) is 0 Å². The molecule has 0 N–H and O–H groups in total. The molecule has 2 nitrogen and oxygen atoms in total. The van der Waals surface area contributed by atoms with Gasteiger partial charge in [0, 0.05) is 53.6 Å². The number of nitrogens with zero attached hydrogens (tertiary/aromatic N) is 2. The summed E-state index contributed by atoms with van der Waals surface area (Å²) >= 11 is 1.87.